The molecule has 0 aromatic carbocycles. The Bertz CT molecular complexity index is 1690. The zero-order valence-corrected chi connectivity index (χ0v) is 60.1. The molecule has 0 aromatic rings. The summed E-state index contributed by atoms with van der Waals surface area (Å²) in [6.45, 7) is 6.86. The van der Waals surface area contributed by atoms with E-state index in [0.29, 0.717) is 17.4 Å². The van der Waals surface area contributed by atoms with Gasteiger partial charge in [-0.25, -0.2) is 0 Å². The van der Waals surface area contributed by atoms with Crippen molar-refractivity contribution in [2.45, 2.75) is 386 Å². The molecule has 0 bridgehead atoms. The maximum absolute atomic E-state index is 13.6. The van der Waals surface area contributed by atoms with E-state index in [-0.39, 0.29) is 31.5 Å². The number of quaternary nitrogens is 1. The molecule has 0 rings (SSSR count). The van der Waals surface area contributed by atoms with Gasteiger partial charge >= 0.3 is 5.97 Å². The van der Waals surface area contributed by atoms with Gasteiger partial charge in [0.25, 0.3) is 7.82 Å². The molecule has 9 nitrogen and oxygen atoms in total. The number of nitrogens with one attached hydrogen (secondary N) is 1. The molecule has 0 saturated carbocycles. The van der Waals surface area contributed by atoms with Gasteiger partial charge in [-0.1, -0.05) is 345 Å². The first-order valence-corrected chi connectivity index (χ1v) is 39.6. The van der Waals surface area contributed by atoms with Gasteiger partial charge in [-0.05, 0) is 76.7 Å². The Labute approximate surface area is 547 Å². The molecule has 0 aliphatic carbocycles. The normalized spacial score (nSPS) is 13.8. The molecule has 88 heavy (non-hydrogen) atoms. The van der Waals surface area contributed by atoms with E-state index in [9.17, 15) is 19.0 Å². The van der Waals surface area contributed by atoms with Crippen LogP contribution in [0.3, 0.4) is 0 Å². The molecule has 0 aromatic heterocycles. The van der Waals surface area contributed by atoms with Crippen molar-refractivity contribution in [3.05, 3.63) is 60.8 Å². The van der Waals surface area contributed by atoms with Crippen molar-refractivity contribution in [2.24, 2.45) is 0 Å². The smallest absolute Gasteiger partial charge is 0.306 e. The molecule has 10 heteroatoms. The summed E-state index contributed by atoms with van der Waals surface area (Å²) in [5.74, 6) is -0.537. The summed E-state index contributed by atoms with van der Waals surface area (Å²) in [7, 11) is 1.19. The second-order valence-corrected chi connectivity index (χ2v) is 28.6. The van der Waals surface area contributed by atoms with Crippen LogP contribution >= 0.6 is 7.82 Å². The van der Waals surface area contributed by atoms with Crippen LogP contribution in [0.15, 0.2) is 60.8 Å². The molecular formula is C78H147N2O7P. The number of ether oxygens (including phenoxy) is 1. The van der Waals surface area contributed by atoms with E-state index >= 15 is 0 Å². The minimum atomic E-state index is -4.71. The van der Waals surface area contributed by atoms with Crippen molar-refractivity contribution in [3.63, 3.8) is 0 Å². The number of rotatable bonds is 70. The van der Waals surface area contributed by atoms with Gasteiger partial charge < -0.3 is 28.5 Å². The predicted molar refractivity (Wildman–Crippen MR) is 381 cm³/mol. The standard InChI is InChI=1S/C78H147N2O7P/c1-7-10-13-16-19-22-25-28-30-32-34-36-38-39-40-41-43-44-46-48-50-52-55-58-61-64-67-70-77(81)79-75(74-86-88(83,84)85-73-72-80(4,5)6)76(69-66-63-60-57-54-27-24-21-18-15-12-9-3)87-78(82)71-68-65-62-59-56-53-51-49-47-45-42-37-35-33-31-29-26-23-20-17-14-11-8-2/h20,23,29,31,35,37,45,47,66,69,75-76H,7-19,21-22,24-28,30,32-34,36,38-44,46,48-65,67-68,70-74H2,1-6H3,(H-,79,81,83,84)/b23-20-,31-29-,37-35-,47-45-,69-66+. The topological polar surface area (TPSA) is 114 Å². The Hall–Kier alpha value is -2.29. The number of carbonyl (C=O) groups excluding carboxylic acids is 2. The van der Waals surface area contributed by atoms with Gasteiger partial charge in [0.05, 0.1) is 33.8 Å². The lowest BCUT2D eigenvalue weighted by atomic mass is 10.0. The van der Waals surface area contributed by atoms with E-state index in [2.05, 4.69) is 74.7 Å². The number of esters is 1. The van der Waals surface area contributed by atoms with Crippen LogP contribution in [-0.2, 0) is 27.9 Å². The molecule has 0 aliphatic rings. The monoisotopic (exact) mass is 1260 g/mol. The molecule has 0 fully saturated rings. The van der Waals surface area contributed by atoms with Gasteiger partial charge in [0.2, 0.25) is 5.91 Å². The second-order valence-electron chi connectivity index (χ2n) is 27.2. The van der Waals surface area contributed by atoms with Crippen LogP contribution in [0.4, 0.5) is 0 Å². The highest BCUT2D eigenvalue weighted by Gasteiger charge is 2.27. The lowest BCUT2D eigenvalue weighted by molar-refractivity contribution is -0.870. The van der Waals surface area contributed by atoms with Gasteiger partial charge in [-0.3, -0.25) is 14.2 Å². The first kappa shape index (κ1) is 85.7. The number of phosphoric ester groups is 1. The maximum Gasteiger partial charge on any atom is 0.306 e. The first-order chi connectivity index (χ1) is 42.9. The third-order valence-electron chi connectivity index (χ3n) is 17.2. The van der Waals surface area contributed by atoms with Crippen molar-refractivity contribution < 1.29 is 37.3 Å². The molecule has 0 radical (unpaired) electrons. The Morgan fingerprint density at radius 2 is 0.693 bits per heavy atom. The number of hydrogen-bond donors (Lipinski definition) is 1. The lowest BCUT2D eigenvalue weighted by Gasteiger charge is -2.30. The van der Waals surface area contributed by atoms with Crippen LogP contribution < -0.4 is 10.2 Å². The summed E-state index contributed by atoms with van der Waals surface area (Å²) < 4.78 is 30.5. The Balaban J connectivity index is 4.98. The molecule has 0 aliphatic heterocycles. The SMILES string of the molecule is CCCCC/C=C\C/C=C\C/C=C\C/C=C\CCCCCCCCCC(=O)OC(/C=C/CCCCCCCCCCCC)C(COP(=O)([O-])OCC[N+](C)(C)C)NC(=O)CCCCCCCCCCCCCCCCCCCCCCCCCCCCC. The number of carbonyl (C=O) groups is 2. The van der Waals surface area contributed by atoms with E-state index in [1.54, 1.807) is 0 Å². The molecule has 0 heterocycles. The minimum absolute atomic E-state index is 0.0236. The summed E-state index contributed by atoms with van der Waals surface area (Å²) in [5, 5.41) is 3.05. The second kappa shape index (κ2) is 67.6. The van der Waals surface area contributed by atoms with Crippen LogP contribution in [0, 0.1) is 0 Å². The fraction of sp³-hybridized carbons (Fsp3) is 0.846. The van der Waals surface area contributed by atoms with Gasteiger partial charge in [-0.15, -0.1) is 0 Å². The van der Waals surface area contributed by atoms with Gasteiger partial charge in [0.15, 0.2) is 0 Å². The molecule has 3 atom stereocenters. The molecule has 0 spiro atoms. The molecule has 1 amide bonds. The largest absolute Gasteiger partial charge is 0.756 e. The van der Waals surface area contributed by atoms with E-state index in [1.165, 1.54) is 250 Å². The van der Waals surface area contributed by atoms with Crippen molar-refractivity contribution in [1.29, 1.82) is 0 Å². The summed E-state index contributed by atoms with van der Waals surface area (Å²) in [6, 6.07) is -0.894. The van der Waals surface area contributed by atoms with Crippen molar-refractivity contribution >= 4 is 19.7 Å². The molecule has 1 N–H and O–H groups in total. The zero-order chi connectivity index (χ0) is 64.2. The Morgan fingerprint density at radius 3 is 1.06 bits per heavy atom. The molecule has 0 saturated heterocycles. The van der Waals surface area contributed by atoms with E-state index in [0.717, 1.165) is 89.9 Å². The highest BCUT2D eigenvalue weighted by Crippen LogP contribution is 2.38. The summed E-state index contributed by atoms with van der Waals surface area (Å²) in [5.41, 5.74) is 0. The van der Waals surface area contributed by atoms with Crippen LogP contribution in [0.25, 0.3) is 0 Å². The van der Waals surface area contributed by atoms with E-state index in [4.69, 9.17) is 13.8 Å². The van der Waals surface area contributed by atoms with Crippen LogP contribution in [0.5, 0.6) is 0 Å². The first-order valence-electron chi connectivity index (χ1n) is 38.1. The highest BCUT2D eigenvalue weighted by atomic mass is 31.2. The van der Waals surface area contributed by atoms with E-state index in [1.807, 2.05) is 33.3 Å². The summed E-state index contributed by atoms with van der Waals surface area (Å²) in [4.78, 5) is 40.3. The van der Waals surface area contributed by atoms with Crippen LogP contribution in [0.1, 0.15) is 374 Å². The minimum Gasteiger partial charge on any atom is -0.756 e. The Morgan fingerprint density at radius 1 is 0.398 bits per heavy atom. The number of nitrogens with zero attached hydrogens (tertiary/aromatic N) is 1. The number of likely N-dealkylation sites (N-methyl/N-ethyl adjacent to an activating group) is 1. The predicted octanol–water partition coefficient (Wildman–Crippen LogP) is 23.9. The number of phosphoric acid groups is 1. The van der Waals surface area contributed by atoms with Gasteiger partial charge in [0.1, 0.15) is 19.3 Å². The fourth-order valence-corrected chi connectivity index (χ4v) is 12.1. The number of allylic oxidation sites excluding steroid dienone is 9. The number of unbranched alkanes of at least 4 members (excludes halogenated alkanes) is 46. The van der Waals surface area contributed by atoms with Crippen molar-refractivity contribution in [1.82, 2.24) is 5.32 Å². The van der Waals surface area contributed by atoms with Gasteiger partial charge in [-0.2, -0.15) is 0 Å². The number of amides is 1. The van der Waals surface area contributed by atoms with Crippen LogP contribution in [-0.4, -0.2) is 69.4 Å². The van der Waals surface area contributed by atoms with Crippen molar-refractivity contribution in [2.75, 3.05) is 40.9 Å². The third kappa shape index (κ3) is 68.1. The number of hydrogen-bond acceptors (Lipinski definition) is 7. The van der Waals surface area contributed by atoms with Crippen LogP contribution in [0.2, 0.25) is 0 Å². The molecule has 516 valence electrons. The average molecular weight is 1260 g/mol. The van der Waals surface area contributed by atoms with Crippen molar-refractivity contribution in [3.8, 4) is 0 Å². The average Bonchev–Trinajstić information content (AvgIpc) is 3.71. The zero-order valence-electron chi connectivity index (χ0n) is 59.2. The molecule has 3 unspecified atom stereocenters. The third-order valence-corrected chi connectivity index (χ3v) is 18.2. The fourth-order valence-electron chi connectivity index (χ4n) is 11.3. The molecular weight excluding hydrogens is 1110 g/mol. The summed E-state index contributed by atoms with van der Waals surface area (Å²) in [6.07, 6.45) is 87.9. The summed E-state index contributed by atoms with van der Waals surface area (Å²) >= 11 is 0. The van der Waals surface area contributed by atoms with E-state index < -0.39 is 20.0 Å². The quantitative estimate of drug-likeness (QED) is 0.0212. The maximum atomic E-state index is 13.6. The lowest BCUT2D eigenvalue weighted by Crippen LogP contribution is -2.47. The highest BCUT2D eigenvalue weighted by molar-refractivity contribution is 7.45. The van der Waals surface area contributed by atoms with Gasteiger partial charge in [0, 0.05) is 12.8 Å². The Kier molecular flexibility index (Phi) is 65.8.